The first-order valence-corrected chi connectivity index (χ1v) is 8.71. The molecular formula is C17H32ClN3O2. The van der Waals surface area contributed by atoms with Gasteiger partial charge < -0.3 is 16.0 Å². The number of nitrogens with two attached hydrogens (primary N) is 1. The number of amides is 2. The molecule has 1 heterocycles. The Morgan fingerprint density at radius 2 is 1.83 bits per heavy atom. The van der Waals surface area contributed by atoms with Gasteiger partial charge in [-0.1, -0.05) is 33.1 Å². The van der Waals surface area contributed by atoms with Crippen LogP contribution in [0.25, 0.3) is 0 Å². The SMILES string of the molecule is CC1(C)CN(C(=O)CCNC(=O)C2CCCCC2)CCC1N.Cl. The lowest BCUT2D eigenvalue weighted by atomic mass is 9.79. The minimum absolute atomic E-state index is 0. The van der Waals surface area contributed by atoms with Gasteiger partial charge in [0.1, 0.15) is 0 Å². The van der Waals surface area contributed by atoms with E-state index in [9.17, 15) is 9.59 Å². The van der Waals surface area contributed by atoms with Gasteiger partial charge in [0.05, 0.1) is 0 Å². The van der Waals surface area contributed by atoms with Gasteiger partial charge in [0, 0.05) is 38.0 Å². The van der Waals surface area contributed by atoms with Crippen molar-refractivity contribution in [2.24, 2.45) is 17.1 Å². The average molecular weight is 346 g/mol. The van der Waals surface area contributed by atoms with E-state index < -0.39 is 0 Å². The Kier molecular flexibility index (Phi) is 7.81. The number of carbonyl (C=O) groups excluding carboxylic acids is 2. The summed E-state index contributed by atoms with van der Waals surface area (Å²) in [6, 6.07) is 0.155. The standard InChI is InChI=1S/C17H31N3O2.ClH/c1-17(2)12-20(11-9-14(17)18)15(21)8-10-19-16(22)13-6-4-3-5-7-13;/h13-14H,3-12,18H2,1-2H3,(H,19,22);1H. The fourth-order valence-corrected chi connectivity index (χ4v) is 3.55. The van der Waals surface area contributed by atoms with Crippen LogP contribution in [-0.4, -0.2) is 42.4 Å². The van der Waals surface area contributed by atoms with Gasteiger partial charge in [0.25, 0.3) is 0 Å². The van der Waals surface area contributed by atoms with E-state index in [0.29, 0.717) is 19.5 Å². The van der Waals surface area contributed by atoms with Crippen molar-refractivity contribution in [2.45, 2.75) is 64.8 Å². The van der Waals surface area contributed by atoms with Gasteiger partial charge >= 0.3 is 0 Å². The summed E-state index contributed by atoms with van der Waals surface area (Å²) in [4.78, 5) is 26.2. The molecule has 0 radical (unpaired) electrons. The highest BCUT2D eigenvalue weighted by molar-refractivity contribution is 5.85. The molecular weight excluding hydrogens is 314 g/mol. The lowest BCUT2D eigenvalue weighted by Crippen LogP contribution is -2.54. The van der Waals surface area contributed by atoms with Gasteiger partial charge in [-0.2, -0.15) is 0 Å². The summed E-state index contributed by atoms with van der Waals surface area (Å²) in [5.41, 5.74) is 6.07. The monoisotopic (exact) mass is 345 g/mol. The van der Waals surface area contributed by atoms with Gasteiger partial charge in [-0.3, -0.25) is 9.59 Å². The second-order valence-corrected chi connectivity index (χ2v) is 7.58. The number of nitrogens with one attached hydrogen (secondary N) is 1. The van der Waals surface area contributed by atoms with E-state index in [4.69, 9.17) is 5.73 Å². The van der Waals surface area contributed by atoms with Crippen LogP contribution in [0, 0.1) is 11.3 Å². The molecule has 2 rings (SSSR count). The molecule has 0 aromatic heterocycles. The maximum Gasteiger partial charge on any atom is 0.224 e. The number of nitrogens with zero attached hydrogens (tertiary/aromatic N) is 1. The van der Waals surface area contributed by atoms with Crippen molar-refractivity contribution in [3.05, 3.63) is 0 Å². The van der Waals surface area contributed by atoms with Crippen LogP contribution < -0.4 is 11.1 Å². The number of likely N-dealkylation sites (tertiary alicyclic amines) is 1. The predicted molar refractivity (Wildman–Crippen MR) is 94.4 cm³/mol. The number of hydrogen-bond donors (Lipinski definition) is 2. The molecule has 1 aliphatic heterocycles. The van der Waals surface area contributed by atoms with Gasteiger partial charge in [-0.15, -0.1) is 12.4 Å². The van der Waals surface area contributed by atoms with Crippen molar-refractivity contribution in [3.8, 4) is 0 Å². The molecule has 0 aromatic rings. The molecule has 1 aliphatic carbocycles. The molecule has 23 heavy (non-hydrogen) atoms. The zero-order valence-electron chi connectivity index (χ0n) is 14.5. The first-order valence-electron chi connectivity index (χ1n) is 8.71. The average Bonchev–Trinajstić information content (AvgIpc) is 2.50. The summed E-state index contributed by atoms with van der Waals surface area (Å²) < 4.78 is 0. The van der Waals surface area contributed by atoms with Crippen LogP contribution in [0.3, 0.4) is 0 Å². The fourth-order valence-electron chi connectivity index (χ4n) is 3.55. The van der Waals surface area contributed by atoms with E-state index in [1.807, 2.05) is 4.90 Å². The van der Waals surface area contributed by atoms with Crippen LogP contribution in [0.2, 0.25) is 0 Å². The quantitative estimate of drug-likeness (QED) is 0.819. The zero-order chi connectivity index (χ0) is 16.2. The van der Waals surface area contributed by atoms with Crippen molar-refractivity contribution in [2.75, 3.05) is 19.6 Å². The third-order valence-electron chi connectivity index (χ3n) is 5.28. The van der Waals surface area contributed by atoms with Crippen LogP contribution in [0.15, 0.2) is 0 Å². The maximum atomic E-state index is 12.3. The number of rotatable bonds is 4. The zero-order valence-corrected chi connectivity index (χ0v) is 15.3. The molecule has 0 spiro atoms. The van der Waals surface area contributed by atoms with E-state index in [2.05, 4.69) is 19.2 Å². The number of piperidine rings is 1. The summed E-state index contributed by atoms with van der Waals surface area (Å²) in [5, 5.41) is 2.94. The molecule has 1 unspecified atom stereocenters. The molecule has 6 heteroatoms. The summed E-state index contributed by atoms with van der Waals surface area (Å²) in [6.07, 6.45) is 6.79. The molecule has 3 N–H and O–H groups in total. The highest BCUT2D eigenvalue weighted by Crippen LogP contribution is 2.28. The van der Waals surface area contributed by atoms with Crippen molar-refractivity contribution in [1.82, 2.24) is 10.2 Å². The topological polar surface area (TPSA) is 75.4 Å². The number of carbonyl (C=O) groups is 2. The minimum Gasteiger partial charge on any atom is -0.355 e. The Balaban J connectivity index is 0.00000264. The molecule has 2 amide bonds. The van der Waals surface area contributed by atoms with Gasteiger partial charge in [-0.05, 0) is 24.7 Å². The van der Waals surface area contributed by atoms with E-state index in [1.165, 1.54) is 6.42 Å². The lowest BCUT2D eigenvalue weighted by Gasteiger charge is -2.42. The first-order chi connectivity index (χ1) is 10.4. The molecule has 134 valence electrons. The Morgan fingerprint density at radius 1 is 1.17 bits per heavy atom. The van der Waals surface area contributed by atoms with Crippen molar-refractivity contribution in [1.29, 1.82) is 0 Å². The molecule has 5 nitrogen and oxygen atoms in total. The molecule has 0 aromatic carbocycles. The second-order valence-electron chi connectivity index (χ2n) is 7.58. The van der Waals surface area contributed by atoms with Crippen LogP contribution >= 0.6 is 12.4 Å². The molecule has 1 saturated carbocycles. The smallest absolute Gasteiger partial charge is 0.224 e. The minimum atomic E-state index is -0.0285. The van der Waals surface area contributed by atoms with Crippen LogP contribution in [0.4, 0.5) is 0 Å². The van der Waals surface area contributed by atoms with E-state index in [-0.39, 0.29) is 41.6 Å². The third kappa shape index (κ3) is 5.64. The summed E-state index contributed by atoms with van der Waals surface area (Å²) in [6.45, 7) is 6.13. The predicted octanol–water partition coefficient (Wildman–Crippen LogP) is 2.08. The molecule has 1 saturated heterocycles. The summed E-state index contributed by atoms with van der Waals surface area (Å²) >= 11 is 0. The van der Waals surface area contributed by atoms with Gasteiger partial charge in [0.15, 0.2) is 0 Å². The third-order valence-corrected chi connectivity index (χ3v) is 5.28. The van der Waals surface area contributed by atoms with Gasteiger partial charge in [0.2, 0.25) is 11.8 Å². The Morgan fingerprint density at radius 3 is 2.43 bits per heavy atom. The van der Waals surface area contributed by atoms with E-state index in [0.717, 1.165) is 38.6 Å². The summed E-state index contributed by atoms with van der Waals surface area (Å²) in [5.74, 6) is 0.424. The Hall–Kier alpha value is -0.810. The number of hydrogen-bond acceptors (Lipinski definition) is 3. The first kappa shape index (κ1) is 20.2. The van der Waals surface area contributed by atoms with Crippen LogP contribution in [0.1, 0.15) is 58.8 Å². The fraction of sp³-hybridized carbons (Fsp3) is 0.882. The lowest BCUT2D eigenvalue weighted by molar-refractivity contribution is -0.134. The largest absolute Gasteiger partial charge is 0.355 e. The van der Waals surface area contributed by atoms with E-state index >= 15 is 0 Å². The van der Waals surface area contributed by atoms with Crippen LogP contribution in [-0.2, 0) is 9.59 Å². The molecule has 0 bridgehead atoms. The Bertz CT molecular complexity index is 409. The van der Waals surface area contributed by atoms with Gasteiger partial charge in [-0.25, -0.2) is 0 Å². The highest BCUT2D eigenvalue weighted by atomic mass is 35.5. The second kappa shape index (κ2) is 8.88. The Labute approximate surface area is 146 Å². The highest BCUT2D eigenvalue weighted by Gasteiger charge is 2.35. The molecule has 1 atom stereocenters. The van der Waals surface area contributed by atoms with Crippen molar-refractivity contribution < 1.29 is 9.59 Å². The maximum absolute atomic E-state index is 12.3. The normalized spacial score (nSPS) is 24.7. The number of halogens is 1. The van der Waals surface area contributed by atoms with Crippen molar-refractivity contribution >= 4 is 24.2 Å². The molecule has 2 fully saturated rings. The van der Waals surface area contributed by atoms with Crippen molar-refractivity contribution in [3.63, 3.8) is 0 Å². The van der Waals surface area contributed by atoms with Crippen LogP contribution in [0.5, 0.6) is 0 Å². The molecule has 2 aliphatic rings. The summed E-state index contributed by atoms with van der Waals surface area (Å²) in [7, 11) is 0. The van der Waals surface area contributed by atoms with E-state index in [1.54, 1.807) is 0 Å².